The summed E-state index contributed by atoms with van der Waals surface area (Å²) in [5, 5.41) is 4.54. The minimum absolute atomic E-state index is 0.666. The van der Waals surface area contributed by atoms with Crippen molar-refractivity contribution in [3.63, 3.8) is 0 Å². The number of para-hydroxylation sites is 1. The average Bonchev–Trinajstić information content (AvgIpc) is 2.81. The highest BCUT2D eigenvalue weighted by molar-refractivity contribution is 8.03. The van der Waals surface area contributed by atoms with Crippen LogP contribution in [-0.2, 0) is 6.54 Å². The van der Waals surface area contributed by atoms with E-state index in [4.69, 9.17) is 0 Å². The van der Waals surface area contributed by atoms with Gasteiger partial charge in [-0.05, 0) is 25.6 Å². The molecule has 3 rings (SSSR count). The third kappa shape index (κ3) is 3.89. The maximum atomic E-state index is 4.54. The number of thioether (sulfide) groups is 2. The van der Waals surface area contributed by atoms with E-state index in [-0.39, 0.29) is 0 Å². The van der Waals surface area contributed by atoms with Crippen molar-refractivity contribution in [3.05, 3.63) is 47.8 Å². The Morgan fingerprint density at radius 1 is 1.23 bits per heavy atom. The Morgan fingerprint density at radius 3 is 2.68 bits per heavy atom. The van der Waals surface area contributed by atoms with Gasteiger partial charge in [0.25, 0.3) is 0 Å². The predicted octanol–water partition coefficient (Wildman–Crippen LogP) is 3.46. The van der Waals surface area contributed by atoms with E-state index in [0.717, 1.165) is 12.2 Å². The van der Waals surface area contributed by atoms with E-state index < -0.39 is 0 Å². The zero-order valence-corrected chi connectivity index (χ0v) is 14.9. The quantitative estimate of drug-likeness (QED) is 0.854. The van der Waals surface area contributed by atoms with Crippen molar-refractivity contribution < 1.29 is 0 Å². The topological polar surface area (TPSA) is 21.1 Å². The molecule has 1 aliphatic heterocycles. The molecule has 3 nitrogen and oxygen atoms in total. The second-order valence-corrected chi connectivity index (χ2v) is 8.10. The van der Waals surface area contributed by atoms with Gasteiger partial charge in [0.15, 0.2) is 0 Å². The summed E-state index contributed by atoms with van der Waals surface area (Å²) < 4.78 is 2.00. The van der Waals surface area contributed by atoms with Crippen molar-refractivity contribution in [1.29, 1.82) is 0 Å². The summed E-state index contributed by atoms with van der Waals surface area (Å²) in [5.41, 5.74) is 3.70. The molecule has 0 aliphatic carbocycles. The first-order valence-corrected chi connectivity index (χ1v) is 10.0. The molecule has 0 amide bonds. The predicted molar refractivity (Wildman–Crippen MR) is 98.2 cm³/mol. The summed E-state index contributed by atoms with van der Waals surface area (Å²) in [6.07, 6.45) is 4.16. The molecule has 0 spiro atoms. The highest BCUT2D eigenvalue weighted by atomic mass is 32.2. The van der Waals surface area contributed by atoms with Crippen molar-refractivity contribution >= 4 is 23.5 Å². The maximum absolute atomic E-state index is 4.54. The number of benzene rings is 1. The fourth-order valence-corrected chi connectivity index (χ4v) is 5.38. The van der Waals surface area contributed by atoms with Crippen molar-refractivity contribution in [1.82, 2.24) is 14.7 Å². The lowest BCUT2D eigenvalue weighted by atomic mass is 10.2. The molecule has 0 atom stereocenters. The summed E-state index contributed by atoms with van der Waals surface area (Å²) >= 11 is 4.17. The van der Waals surface area contributed by atoms with Crippen molar-refractivity contribution in [2.45, 2.75) is 19.5 Å². The van der Waals surface area contributed by atoms with Crippen LogP contribution in [0.1, 0.15) is 11.1 Å². The number of nitrogens with zero attached hydrogens (tertiary/aromatic N) is 3. The van der Waals surface area contributed by atoms with Crippen LogP contribution < -0.4 is 0 Å². The lowest BCUT2D eigenvalue weighted by Crippen LogP contribution is -2.34. The maximum Gasteiger partial charge on any atom is 0.0674 e. The van der Waals surface area contributed by atoms with E-state index in [0.29, 0.717) is 6.04 Å². The molecule has 0 unspecified atom stereocenters. The monoisotopic (exact) mass is 333 g/mol. The van der Waals surface area contributed by atoms with Crippen molar-refractivity contribution in [2.24, 2.45) is 0 Å². The van der Waals surface area contributed by atoms with Gasteiger partial charge in [-0.1, -0.05) is 18.2 Å². The summed E-state index contributed by atoms with van der Waals surface area (Å²) in [6, 6.07) is 9.05. The van der Waals surface area contributed by atoms with Gasteiger partial charge in [-0.2, -0.15) is 28.6 Å². The van der Waals surface area contributed by atoms with Crippen LogP contribution in [0.2, 0.25) is 0 Å². The molecule has 1 aromatic heterocycles. The summed E-state index contributed by atoms with van der Waals surface area (Å²) in [6.45, 7) is 3.10. The van der Waals surface area contributed by atoms with E-state index >= 15 is 0 Å². The van der Waals surface area contributed by atoms with Gasteiger partial charge in [-0.3, -0.25) is 4.90 Å². The normalized spacial score (nSPS) is 16.9. The molecule has 1 saturated heterocycles. The fraction of sp³-hybridized carbons (Fsp3) is 0.471. The van der Waals surface area contributed by atoms with Gasteiger partial charge in [0, 0.05) is 47.4 Å². The smallest absolute Gasteiger partial charge is 0.0674 e. The molecule has 2 aromatic rings. The Hall–Kier alpha value is -0.910. The molecule has 0 bridgehead atoms. The van der Waals surface area contributed by atoms with Gasteiger partial charge in [0.2, 0.25) is 0 Å². The molecule has 5 heteroatoms. The number of hydrogen-bond donors (Lipinski definition) is 0. The van der Waals surface area contributed by atoms with Crippen molar-refractivity contribution in [2.75, 3.05) is 30.1 Å². The Bertz CT molecular complexity index is 603. The summed E-state index contributed by atoms with van der Waals surface area (Å²) in [4.78, 5) is 2.48. The molecule has 118 valence electrons. The molecular formula is C17H23N3S2. The third-order valence-electron chi connectivity index (χ3n) is 4.05. The SMILES string of the molecule is Cc1ccccc1-n1cc(CN(C)C2CSCCSC2)cn1. The zero-order chi connectivity index (χ0) is 15.4. The van der Waals surface area contributed by atoms with E-state index in [1.165, 1.54) is 34.1 Å². The van der Waals surface area contributed by atoms with E-state index in [2.05, 4.69) is 78.0 Å². The van der Waals surface area contributed by atoms with Crippen LogP contribution in [-0.4, -0.2) is 50.8 Å². The number of aromatic nitrogens is 2. The van der Waals surface area contributed by atoms with Crippen LogP contribution in [0.25, 0.3) is 5.69 Å². The molecule has 1 fully saturated rings. The van der Waals surface area contributed by atoms with Crippen LogP contribution in [0, 0.1) is 6.92 Å². The molecule has 0 saturated carbocycles. The molecular weight excluding hydrogens is 310 g/mol. The highest BCUT2D eigenvalue weighted by Gasteiger charge is 2.18. The molecule has 0 radical (unpaired) electrons. The molecule has 2 heterocycles. The first-order chi connectivity index (χ1) is 10.7. The van der Waals surface area contributed by atoms with Gasteiger partial charge in [-0.25, -0.2) is 4.68 Å². The minimum Gasteiger partial charge on any atom is -0.297 e. The Balaban J connectivity index is 1.67. The van der Waals surface area contributed by atoms with Crippen LogP contribution in [0.4, 0.5) is 0 Å². The van der Waals surface area contributed by atoms with E-state index in [1.807, 2.05) is 10.9 Å². The third-order valence-corrected chi connectivity index (χ3v) is 6.53. The Morgan fingerprint density at radius 2 is 1.95 bits per heavy atom. The minimum atomic E-state index is 0.666. The molecule has 22 heavy (non-hydrogen) atoms. The standard InChI is InChI=1S/C17H23N3S2/c1-14-5-3-4-6-17(14)20-11-15(9-18-20)10-19(2)16-12-21-7-8-22-13-16/h3-6,9,11,16H,7-8,10,12-13H2,1-2H3. The zero-order valence-electron chi connectivity index (χ0n) is 13.2. The number of hydrogen-bond acceptors (Lipinski definition) is 4. The van der Waals surface area contributed by atoms with Gasteiger partial charge in [0.1, 0.15) is 0 Å². The van der Waals surface area contributed by atoms with E-state index in [1.54, 1.807) is 0 Å². The fourth-order valence-electron chi connectivity index (χ4n) is 2.67. The summed E-state index contributed by atoms with van der Waals surface area (Å²) in [5.74, 6) is 5.07. The molecule has 0 N–H and O–H groups in total. The second-order valence-electron chi connectivity index (χ2n) is 5.80. The number of rotatable bonds is 4. The first kappa shape index (κ1) is 16.0. The lowest BCUT2D eigenvalue weighted by molar-refractivity contribution is 0.274. The highest BCUT2D eigenvalue weighted by Crippen LogP contribution is 2.21. The lowest BCUT2D eigenvalue weighted by Gasteiger charge is -2.25. The second kappa shape index (κ2) is 7.57. The van der Waals surface area contributed by atoms with Crippen LogP contribution in [0.5, 0.6) is 0 Å². The van der Waals surface area contributed by atoms with Gasteiger partial charge >= 0.3 is 0 Å². The van der Waals surface area contributed by atoms with Crippen LogP contribution >= 0.6 is 23.5 Å². The van der Waals surface area contributed by atoms with Crippen LogP contribution in [0.3, 0.4) is 0 Å². The van der Waals surface area contributed by atoms with Crippen molar-refractivity contribution in [3.8, 4) is 5.69 Å². The first-order valence-electron chi connectivity index (χ1n) is 7.69. The molecule has 1 aliphatic rings. The molecule has 1 aromatic carbocycles. The number of aryl methyl sites for hydroxylation is 1. The van der Waals surface area contributed by atoms with Gasteiger partial charge in [0.05, 0.1) is 11.9 Å². The Kier molecular flexibility index (Phi) is 5.50. The van der Waals surface area contributed by atoms with E-state index in [9.17, 15) is 0 Å². The van der Waals surface area contributed by atoms with Gasteiger partial charge in [-0.15, -0.1) is 0 Å². The summed E-state index contributed by atoms with van der Waals surface area (Å²) in [7, 11) is 2.24. The van der Waals surface area contributed by atoms with Crippen LogP contribution in [0.15, 0.2) is 36.7 Å². The largest absolute Gasteiger partial charge is 0.297 e. The Labute approximate surface area is 141 Å². The average molecular weight is 334 g/mol. The van der Waals surface area contributed by atoms with Gasteiger partial charge < -0.3 is 0 Å².